The summed E-state index contributed by atoms with van der Waals surface area (Å²) in [7, 11) is 0. The maximum atomic E-state index is 12.6. The van der Waals surface area contributed by atoms with Crippen molar-refractivity contribution in [3.8, 4) is 5.75 Å². The Hall–Kier alpha value is -2.77. The number of carboxylic acid groups (broad SMARTS) is 1. The highest BCUT2D eigenvalue weighted by molar-refractivity contribution is 5.81. The van der Waals surface area contributed by atoms with E-state index < -0.39 is 12.1 Å². The van der Waals surface area contributed by atoms with Crippen molar-refractivity contribution in [3.05, 3.63) is 29.8 Å². The van der Waals surface area contributed by atoms with Crippen molar-refractivity contribution in [2.45, 2.75) is 32.8 Å². The molecule has 0 spiro atoms. The molecule has 27 heavy (non-hydrogen) atoms. The minimum atomic E-state index is -0.954. The summed E-state index contributed by atoms with van der Waals surface area (Å²) in [6, 6.07) is 7.37. The van der Waals surface area contributed by atoms with Crippen molar-refractivity contribution in [1.29, 1.82) is 0 Å². The quantitative estimate of drug-likeness (QED) is 0.747. The number of hydrogen-bond donors (Lipinski definition) is 2. The molecule has 2 N–H and O–H groups in total. The number of aliphatic carboxylic acids is 1. The first-order valence-corrected chi connectivity index (χ1v) is 9.20. The Bertz CT molecular complexity index is 671. The molecule has 148 valence electrons. The predicted molar refractivity (Wildman–Crippen MR) is 99.7 cm³/mol. The molecule has 0 saturated carbocycles. The minimum Gasteiger partial charge on any atom is -0.481 e. The largest absolute Gasteiger partial charge is 0.481 e. The summed E-state index contributed by atoms with van der Waals surface area (Å²) in [5.41, 5.74) is 1.06. The zero-order valence-corrected chi connectivity index (χ0v) is 15.8. The SMILES string of the molecule is CCc1ccccc1OC(C)C(=O)N1CCN(C(=O)NCCC(=O)O)CC1. The number of ether oxygens (including phenoxy) is 1. The second-order valence-corrected chi connectivity index (χ2v) is 6.41. The van der Waals surface area contributed by atoms with Gasteiger partial charge in [-0.2, -0.15) is 0 Å². The zero-order chi connectivity index (χ0) is 19.8. The summed E-state index contributed by atoms with van der Waals surface area (Å²) in [5.74, 6) is -0.339. The van der Waals surface area contributed by atoms with Crippen LogP contribution in [-0.4, -0.2) is 71.6 Å². The van der Waals surface area contributed by atoms with Gasteiger partial charge in [-0.1, -0.05) is 25.1 Å². The molecule has 1 aromatic carbocycles. The van der Waals surface area contributed by atoms with Gasteiger partial charge in [-0.25, -0.2) is 4.79 Å². The molecule has 1 saturated heterocycles. The summed E-state index contributed by atoms with van der Waals surface area (Å²) in [6.07, 6.45) is 0.110. The fraction of sp³-hybridized carbons (Fsp3) is 0.526. The van der Waals surface area contributed by atoms with Gasteiger partial charge < -0.3 is 25.0 Å². The zero-order valence-electron chi connectivity index (χ0n) is 15.8. The van der Waals surface area contributed by atoms with E-state index >= 15 is 0 Å². The van der Waals surface area contributed by atoms with Crippen LogP contribution in [-0.2, 0) is 16.0 Å². The third-order valence-electron chi connectivity index (χ3n) is 4.50. The van der Waals surface area contributed by atoms with Crippen LogP contribution in [0.5, 0.6) is 5.75 Å². The molecule has 0 radical (unpaired) electrons. The minimum absolute atomic E-state index is 0.0923. The Labute approximate surface area is 159 Å². The molecular weight excluding hydrogens is 350 g/mol. The van der Waals surface area contributed by atoms with Gasteiger partial charge in [0.2, 0.25) is 0 Å². The van der Waals surface area contributed by atoms with Gasteiger partial charge in [0.15, 0.2) is 6.10 Å². The summed E-state index contributed by atoms with van der Waals surface area (Å²) >= 11 is 0. The maximum absolute atomic E-state index is 12.6. The smallest absolute Gasteiger partial charge is 0.317 e. The third kappa shape index (κ3) is 5.87. The van der Waals surface area contributed by atoms with Crippen molar-refractivity contribution < 1.29 is 24.2 Å². The number of nitrogens with one attached hydrogen (secondary N) is 1. The topological polar surface area (TPSA) is 99.2 Å². The van der Waals surface area contributed by atoms with Crippen LogP contribution in [0, 0.1) is 0 Å². The number of amides is 3. The Morgan fingerprint density at radius 3 is 2.41 bits per heavy atom. The molecule has 3 amide bonds. The molecule has 2 rings (SSSR count). The van der Waals surface area contributed by atoms with E-state index in [0.717, 1.165) is 17.7 Å². The van der Waals surface area contributed by atoms with Crippen LogP contribution >= 0.6 is 0 Å². The number of benzene rings is 1. The molecule has 1 aliphatic heterocycles. The number of piperazine rings is 1. The predicted octanol–water partition coefficient (Wildman–Crippen LogP) is 1.34. The highest BCUT2D eigenvalue weighted by atomic mass is 16.5. The van der Waals surface area contributed by atoms with Gasteiger partial charge in [0.1, 0.15) is 5.75 Å². The van der Waals surface area contributed by atoms with Crippen molar-refractivity contribution in [2.75, 3.05) is 32.7 Å². The molecule has 1 aromatic rings. The first kappa shape index (κ1) is 20.5. The number of nitrogens with zero attached hydrogens (tertiary/aromatic N) is 2. The van der Waals surface area contributed by atoms with Crippen molar-refractivity contribution in [1.82, 2.24) is 15.1 Å². The van der Waals surface area contributed by atoms with Crippen molar-refractivity contribution >= 4 is 17.9 Å². The number of carbonyl (C=O) groups excluding carboxylic acids is 2. The first-order chi connectivity index (χ1) is 12.9. The molecule has 0 aliphatic carbocycles. The normalized spacial score (nSPS) is 15.2. The monoisotopic (exact) mass is 377 g/mol. The van der Waals surface area contributed by atoms with Gasteiger partial charge in [-0.05, 0) is 25.0 Å². The molecule has 0 bridgehead atoms. The van der Waals surface area contributed by atoms with Crippen molar-refractivity contribution in [3.63, 3.8) is 0 Å². The summed E-state index contributed by atoms with van der Waals surface area (Å²) in [4.78, 5) is 38.4. The summed E-state index contributed by atoms with van der Waals surface area (Å²) in [5, 5.41) is 11.2. The van der Waals surface area contributed by atoms with E-state index in [-0.39, 0.29) is 24.9 Å². The Balaban J connectivity index is 1.81. The van der Waals surface area contributed by atoms with Crippen molar-refractivity contribution in [2.24, 2.45) is 0 Å². The van der Waals surface area contributed by atoms with Crippen LogP contribution in [0.2, 0.25) is 0 Å². The van der Waals surface area contributed by atoms with Gasteiger partial charge in [0, 0.05) is 32.7 Å². The molecule has 0 aromatic heterocycles. The molecular formula is C19H27N3O5. The molecule has 1 heterocycles. The van der Waals surface area contributed by atoms with Crippen LogP contribution < -0.4 is 10.1 Å². The number of hydrogen-bond acceptors (Lipinski definition) is 4. The van der Waals surface area contributed by atoms with Gasteiger partial charge in [-0.3, -0.25) is 9.59 Å². The van der Waals surface area contributed by atoms with E-state index in [1.165, 1.54) is 0 Å². The van der Waals surface area contributed by atoms with E-state index in [1.54, 1.807) is 16.7 Å². The summed E-state index contributed by atoms with van der Waals surface area (Å²) < 4.78 is 5.86. The van der Waals surface area contributed by atoms with Gasteiger partial charge in [0.05, 0.1) is 6.42 Å². The standard InChI is InChI=1S/C19H27N3O5/c1-3-15-6-4-5-7-16(15)27-14(2)18(25)21-10-12-22(13-11-21)19(26)20-9-8-17(23)24/h4-7,14H,3,8-13H2,1-2H3,(H,20,26)(H,23,24). The molecule has 1 unspecified atom stereocenters. The first-order valence-electron chi connectivity index (χ1n) is 9.20. The lowest BCUT2D eigenvalue weighted by Gasteiger charge is -2.35. The number of carbonyl (C=O) groups is 3. The third-order valence-corrected chi connectivity index (χ3v) is 4.50. The second-order valence-electron chi connectivity index (χ2n) is 6.41. The Kier molecular flexibility index (Phi) is 7.45. The summed E-state index contributed by atoms with van der Waals surface area (Å²) in [6.45, 7) is 5.53. The maximum Gasteiger partial charge on any atom is 0.317 e. The second kappa shape index (κ2) is 9.80. The average Bonchev–Trinajstić information content (AvgIpc) is 2.67. The number of para-hydroxylation sites is 1. The Morgan fingerprint density at radius 1 is 1.15 bits per heavy atom. The molecule has 8 heteroatoms. The van der Waals surface area contributed by atoms with E-state index in [0.29, 0.717) is 26.2 Å². The van der Waals surface area contributed by atoms with Crippen LogP contribution in [0.1, 0.15) is 25.8 Å². The number of rotatable bonds is 7. The fourth-order valence-corrected chi connectivity index (χ4v) is 2.93. The van der Waals surface area contributed by atoms with Gasteiger partial charge >= 0.3 is 12.0 Å². The lowest BCUT2D eigenvalue weighted by atomic mass is 10.1. The Morgan fingerprint density at radius 2 is 1.78 bits per heavy atom. The average molecular weight is 377 g/mol. The molecule has 8 nitrogen and oxygen atoms in total. The highest BCUT2D eigenvalue weighted by Crippen LogP contribution is 2.20. The molecule has 1 atom stereocenters. The number of urea groups is 1. The lowest BCUT2D eigenvalue weighted by molar-refractivity contribution is -0.139. The van der Waals surface area contributed by atoms with Gasteiger partial charge in [0.25, 0.3) is 5.91 Å². The highest BCUT2D eigenvalue weighted by Gasteiger charge is 2.28. The van der Waals surface area contributed by atoms with Crippen LogP contribution in [0.3, 0.4) is 0 Å². The number of aryl methyl sites for hydroxylation is 1. The number of carboxylic acids is 1. The van der Waals surface area contributed by atoms with Crippen LogP contribution in [0.15, 0.2) is 24.3 Å². The fourth-order valence-electron chi connectivity index (χ4n) is 2.93. The van der Waals surface area contributed by atoms with E-state index in [9.17, 15) is 14.4 Å². The molecule has 1 fully saturated rings. The van der Waals surface area contributed by atoms with Crippen LogP contribution in [0.25, 0.3) is 0 Å². The lowest BCUT2D eigenvalue weighted by Crippen LogP contribution is -2.55. The van der Waals surface area contributed by atoms with E-state index in [1.807, 2.05) is 31.2 Å². The molecule has 1 aliphatic rings. The van der Waals surface area contributed by atoms with E-state index in [4.69, 9.17) is 9.84 Å². The van der Waals surface area contributed by atoms with Gasteiger partial charge in [-0.15, -0.1) is 0 Å². The van der Waals surface area contributed by atoms with E-state index in [2.05, 4.69) is 5.32 Å². The van der Waals surface area contributed by atoms with Crippen LogP contribution in [0.4, 0.5) is 4.79 Å².